The summed E-state index contributed by atoms with van der Waals surface area (Å²) in [6, 6.07) is 88.3. The lowest BCUT2D eigenvalue weighted by Crippen LogP contribution is -2.28. The number of hydrogen-bond acceptors (Lipinski definition) is 3. The Hall–Kier alpha value is -8.24. The standard InChI is InChI=1S/C63H40N2S/c1-4-18-42(19-5-1)62-64-58(45-33-34-53-52-25-12-14-29-56(52)63(57(53)39-45,49-21-6-2-7-22-49)50-23-8-3-9-24-50)40-59(65-62)48-37-46(44-32-31-41-17-10-11-20-43(41)35-44)36-47(38-48)51-27-16-28-55-54-26-13-15-30-60(54)66-61(51)55/h1-40H. The molecule has 10 aromatic carbocycles. The monoisotopic (exact) mass is 856 g/mol. The maximum Gasteiger partial charge on any atom is 0.160 e. The number of benzene rings is 10. The lowest BCUT2D eigenvalue weighted by atomic mass is 9.67. The van der Waals surface area contributed by atoms with Crippen molar-refractivity contribution >= 4 is 42.3 Å². The van der Waals surface area contributed by atoms with Gasteiger partial charge in [0, 0.05) is 36.9 Å². The zero-order valence-corrected chi connectivity index (χ0v) is 36.7. The summed E-state index contributed by atoms with van der Waals surface area (Å²) < 4.78 is 2.58. The summed E-state index contributed by atoms with van der Waals surface area (Å²) in [7, 11) is 0. The molecule has 0 amide bonds. The van der Waals surface area contributed by atoms with E-state index in [1.807, 2.05) is 17.4 Å². The van der Waals surface area contributed by atoms with Gasteiger partial charge in [0.05, 0.1) is 16.8 Å². The predicted molar refractivity (Wildman–Crippen MR) is 277 cm³/mol. The van der Waals surface area contributed by atoms with Gasteiger partial charge in [-0.15, -0.1) is 11.3 Å². The van der Waals surface area contributed by atoms with Crippen molar-refractivity contribution in [2.45, 2.75) is 5.41 Å². The average molecular weight is 857 g/mol. The normalized spacial score (nSPS) is 12.7. The van der Waals surface area contributed by atoms with E-state index in [0.29, 0.717) is 5.82 Å². The molecule has 308 valence electrons. The second-order valence-electron chi connectivity index (χ2n) is 17.3. The van der Waals surface area contributed by atoms with Crippen LogP contribution in [0.2, 0.25) is 0 Å². The van der Waals surface area contributed by atoms with E-state index in [4.69, 9.17) is 9.97 Å². The first-order valence-corrected chi connectivity index (χ1v) is 23.4. The fourth-order valence-corrected chi connectivity index (χ4v) is 11.7. The molecule has 0 atom stereocenters. The molecule has 2 nitrogen and oxygen atoms in total. The molecule has 66 heavy (non-hydrogen) atoms. The molecule has 0 unspecified atom stereocenters. The molecule has 0 fully saturated rings. The summed E-state index contributed by atoms with van der Waals surface area (Å²) in [6.45, 7) is 0. The van der Waals surface area contributed by atoms with E-state index >= 15 is 0 Å². The smallest absolute Gasteiger partial charge is 0.160 e. The molecule has 2 aromatic heterocycles. The third-order valence-electron chi connectivity index (χ3n) is 13.5. The third-order valence-corrected chi connectivity index (χ3v) is 14.8. The quantitative estimate of drug-likeness (QED) is 0.160. The molecule has 1 aliphatic carbocycles. The molecule has 1 aliphatic rings. The molecule has 0 saturated heterocycles. The van der Waals surface area contributed by atoms with Crippen molar-refractivity contribution < 1.29 is 0 Å². The molecule has 0 spiro atoms. The zero-order valence-electron chi connectivity index (χ0n) is 35.9. The number of fused-ring (bicyclic) bond motifs is 7. The van der Waals surface area contributed by atoms with Crippen LogP contribution in [0.15, 0.2) is 243 Å². The van der Waals surface area contributed by atoms with E-state index in [-0.39, 0.29) is 0 Å². The second-order valence-corrected chi connectivity index (χ2v) is 18.3. The molecule has 0 saturated carbocycles. The van der Waals surface area contributed by atoms with Crippen molar-refractivity contribution in [3.63, 3.8) is 0 Å². The SMILES string of the molecule is c1ccc(-c2nc(-c3cc(-c4ccc5ccccc5c4)cc(-c4cccc5c4sc4ccccc45)c3)cc(-c3ccc4c(c3)C(c3ccccc3)(c3ccccc3)c3ccccc3-4)n2)cc1. The first-order chi connectivity index (χ1) is 32.7. The summed E-state index contributed by atoms with van der Waals surface area (Å²) in [4.78, 5) is 10.9. The highest BCUT2D eigenvalue weighted by atomic mass is 32.1. The number of thiophene rings is 1. The summed E-state index contributed by atoms with van der Waals surface area (Å²) in [5.41, 5.74) is 16.4. The van der Waals surface area contributed by atoms with E-state index in [1.165, 1.54) is 69.9 Å². The maximum atomic E-state index is 5.44. The van der Waals surface area contributed by atoms with Crippen molar-refractivity contribution in [2.24, 2.45) is 0 Å². The van der Waals surface area contributed by atoms with Gasteiger partial charge in [-0.05, 0) is 109 Å². The molecule has 13 rings (SSSR count). The number of rotatable bonds is 7. The van der Waals surface area contributed by atoms with Gasteiger partial charge < -0.3 is 0 Å². The highest BCUT2D eigenvalue weighted by Crippen LogP contribution is 2.56. The molecule has 3 heteroatoms. The highest BCUT2D eigenvalue weighted by molar-refractivity contribution is 7.26. The van der Waals surface area contributed by atoms with Gasteiger partial charge in [0.2, 0.25) is 0 Å². The fraction of sp³-hybridized carbons (Fsp3) is 0.0159. The Morgan fingerprint density at radius 2 is 0.909 bits per heavy atom. The van der Waals surface area contributed by atoms with Gasteiger partial charge in [-0.2, -0.15) is 0 Å². The summed E-state index contributed by atoms with van der Waals surface area (Å²) in [5.74, 6) is 0.688. The Morgan fingerprint density at radius 3 is 1.71 bits per heavy atom. The van der Waals surface area contributed by atoms with E-state index in [0.717, 1.165) is 44.8 Å². The van der Waals surface area contributed by atoms with Gasteiger partial charge >= 0.3 is 0 Å². The topological polar surface area (TPSA) is 25.8 Å². The van der Waals surface area contributed by atoms with Crippen LogP contribution < -0.4 is 0 Å². The Balaban J connectivity index is 1.05. The Labute approximate surface area is 387 Å². The second kappa shape index (κ2) is 15.5. The number of nitrogens with zero attached hydrogens (tertiary/aromatic N) is 2. The molecule has 0 radical (unpaired) electrons. The van der Waals surface area contributed by atoms with E-state index < -0.39 is 5.41 Å². The Bertz CT molecular complexity index is 3780. The van der Waals surface area contributed by atoms with Crippen molar-refractivity contribution in [1.82, 2.24) is 9.97 Å². The Morgan fingerprint density at radius 1 is 0.318 bits per heavy atom. The van der Waals surface area contributed by atoms with Crippen molar-refractivity contribution in [3.05, 3.63) is 265 Å². The van der Waals surface area contributed by atoms with Crippen LogP contribution in [-0.2, 0) is 5.41 Å². The molecule has 0 bridgehead atoms. The van der Waals surface area contributed by atoms with E-state index in [2.05, 4.69) is 237 Å². The largest absolute Gasteiger partial charge is 0.228 e. The van der Waals surface area contributed by atoms with Gasteiger partial charge in [0.1, 0.15) is 0 Å². The van der Waals surface area contributed by atoms with Crippen molar-refractivity contribution in [3.8, 4) is 67.3 Å². The molecule has 12 aromatic rings. The Kier molecular flexibility index (Phi) is 8.97. The first kappa shape index (κ1) is 38.2. The summed E-state index contributed by atoms with van der Waals surface area (Å²) in [6.07, 6.45) is 0. The van der Waals surface area contributed by atoms with Crippen LogP contribution in [0.5, 0.6) is 0 Å². The zero-order chi connectivity index (χ0) is 43.6. The molecule has 0 N–H and O–H groups in total. The van der Waals surface area contributed by atoms with Gasteiger partial charge in [-0.1, -0.05) is 200 Å². The number of aromatic nitrogens is 2. The molecular formula is C63H40N2S. The lowest BCUT2D eigenvalue weighted by molar-refractivity contribution is 0.768. The lowest BCUT2D eigenvalue weighted by Gasteiger charge is -2.34. The molecule has 2 heterocycles. The van der Waals surface area contributed by atoms with Crippen LogP contribution in [0.4, 0.5) is 0 Å². The minimum Gasteiger partial charge on any atom is -0.228 e. The van der Waals surface area contributed by atoms with Crippen molar-refractivity contribution in [1.29, 1.82) is 0 Å². The molecular weight excluding hydrogens is 817 g/mol. The maximum absolute atomic E-state index is 5.44. The summed E-state index contributed by atoms with van der Waals surface area (Å²) in [5, 5.41) is 5.01. The van der Waals surface area contributed by atoms with E-state index in [1.54, 1.807) is 0 Å². The number of hydrogen-bond donors (Lipinski definition) is 0. The minimum atomic E-state index is -0.528. The van der Waals surface area contributed by atoms with Crippen LogP contribution in [0.3, 0.4) is 0 Å². The van der Waals surface area contributed by atoms with Gasteiger partial charge in [-0.3, -0.25) is 0 Å². The van der Waals surface area contributed by atoms with Crippen LogP contribution in [0.1, 0.15) is 22.3 Å². The van der Waals surface area contributed by atoms with Crippen LogP contribution in [0, 0.1) is 0 Å². The first-order valence-electron chi connectivity index (χ1n) is 22.5. The fourth-order valence-electron chi connectivity index (χ4n) is 10.5. The van der Waals surface area contributed by atoms with Crippen LogP contribution in [0.25, 0.3) is 98.2 Å². The molecule has 0 aliphatic heterocycles. The van der Waals surface area contributed by atoms with E-state index in [9.17, 15) is 0 Å². The van der Waals surface area contributed by atoms with Crippen molar-refractivity contribution in [2.75, 3.05) is 0 Å². The van der Waals surface area contributed by atoms with Gasteiger partial charge in [0.25, 0.3) is 0 Å². The minimum absolute atomic E-state index is 0.528. The van der Waals surface area contributed by atoms with Gasteiger partial charge in [-0.25, -0.2) is 9.97 Å². The van der Waals surface area contributed by atoms with Gasteiger partial charge in [0.15, 0.2) is 5.82 Å². The predicted octanol–water partition coefficient (Wildman–Crippen LogP) is 16.7. The summed E-state index contributed by atoms with van der Waals surface area (Å²) >= 11 is 1.86. The van der Waals surface area contributed by atoms with Crippen LogP contribution >= 0.6 is 11.3 Å². The average Bonchev–Trinajstić information content (AvgIpc) is 3.93. The van der Waals surface area contributed by atoms with Crippen LogP contribution in [-0.4, -0.2) is 9.97 Å². The third kappa shape index (κ3) is 6.16. The highest BCUT2D eigenvalue weighted by Gasteiger charge is 2.46.